The second-order valence-corrected chi connectivity index (χ2v) is 5.90. The number of benzene rings is 1. The molecule has 0 aliphatic carbocycles. The van der Waals surface area contributed by atoms with Crippen LogP contribution in [0.3, 0.4) is 0 Å². The molecule has 0 saturated heterocycles. The molecule has 1 aromatic heterocycles. The fourth-order valence-corrected chi connectivity index (χ4v) is 2.30. The molecule has 0 saturated carbocycles. The van der Waals surface area contributed by atoms with E-state index in [-0.39, 0.29) is 21.0 Å². The number of rotatable bonds is 4. The predicted molar refractivity (Wildman–Crippen MR) is 87.7 cm³/mol. The van der Waals surface area contributed by atoms with Crippen molar-refractivity contribution in [2.45, 2.75) is 13.5 Å². The highest BCUT2D eigenvalue weighted by Gasteiger charge is 2.15. The van der Waals surface area contributed by atoms with E-state index in [1.54, 1.807) is 0 Å². The minimum absolute atomic E-state index is 0.0156. The number of carbonyl (C=O) groups is 1. The molecule has 116 valence electrons. The Hall–Kier alpha value is -1.76. The van der Waals surface area contributed by atoms with Crippen LogP contribution in [0, 0.1) is 6.92 Å². The summed E-state index contributed by atoms with van der Waals surface area (Å²) in [6, 6.07) is 5.55. The average molecular weight is 361 g/mol. The highest BCUT2D eigenvalue weighted by molar-refractivity contribution is 6.66. The summed E-state index contributed by atoms with van der Waals surface area (Å²) in [5.41, 5.74) is 13.3. The Morgan fingerprint density at radius 1 is 1.32 bits per heavy atom. The number of halogens is 3. The molecule has 0 aliphatic heterocycles. The first kappa shape index (κ1) is 16.6. The number of hydrogen-bond acceptors (Lipinski definition) is 4. The third-order valence-corrected chi connectivity index (χ3v) is 4.01. The number of aromatic nitrogens is 3. The molecule has 0 radical (unpaired) electrons. The standard InChI is InChI=1S/C13H12Cl3N5O/c1-6-2-3-7(4-8(6)9(14)11(15)16)5-21-12(17)10(13(18)22)19-20-21/h2-4H,5,17H2,1H3,(H2,18,22). The molecule has 0 spiro atoms. The quantitative estimate of drug-likeness (QED) is 0.875. The number of nitrogen functional groups attached to an aromatic ring is 1. The Bertz CT molecular complexity index is 765. The van der Waals surface area contributed by atoms with E-state index in [0.29, 0.717) is 12.1 Å². The van der Waals surface area contributed by atoms with Crippen molar-refractivity contribution in [3.8, 4) is 0 Å². The average Bonchev–Trinajstić information content (AvgIpc) is 2.81. The summed E-state index contributed by atoms with van der Waals surface area (Å²) in [4.78, 5) is 11.1. The van der Waals surface area contributed by atoms with Crippen molar-refractivity contribution in [3.05, 3.63) is 45.1 Å². The first-order valence-corrected chi connectivity index (χ1v) is 7.24. The molecule has 1 amide bonds. The van der Waals surface area contributed by atoms with E-state index in [1.165, 1.54) is 4.68 Å². The van der Waals surface area contributed by atoms with E-state index >= 15 is 0 Å². The molecule has 4 N–H and O–H groups in total. The molecule has 2 rings (SSSR count). The van der Waals surface area contributed by atoms with Gasteiger partial charge in [-0.05, 0) is 29.7 Å². The van der Waals surface area contributed by atoms with Crippen LogP contribution < -0.4 is 11.5 Å². The molecule has 6 nitrogen and oxygen atoms in total. The van der Waals surface area contributed by atoms with Crippen LogP contribution in [-0.2, 0) is 6.54 Å². The Labute approximate surface area is 141 Å². The zero-order valence-electron chi connectivity index (χ0n) is 11.5. The van der Waals surface area contributed by atoms with Gasteiger partial charge in [0.05, 0.1) is 11.6 Å². The third-order valence-electron chi connectivity index (χ3n) is 3.04. The number of primary amides is 1. The molecule has 0 fully saturated rings. The Morgan fingerprint density at radius 3 is 2.55 bits per heavy atom. The topological polar surface area (TPSA) is 99.8 Å². The van der Waals surface area contributed by atoms with Gasteiger partial charge in [-0.3, -0.25) is 4.79 Å². The van der Waals surface area contributed by atoms with Gasteiger partial charge < -0.3 is 11.5 Å². The molecule has 9 heteroatoms. The van der Waals surface area contributed by atoms with Gasteiger partial charge in [-0.1, -0.05) is 52.1 Å². The SMILES string of the molecule is Cc1ccc(Cn2nnc(C(N)=O)c2N)cc1C(Cl)=C(Cl)Cl. The van der Waals surface area contributed by atoms with Gasteiger partial charge in [-0.25, -0.2) is 4.68 Å². The lowest BCUT2D eigenvalue weighted by molar-refractivity contribution is 0.0996. The van der Waals surface area contributed by atoms with Gasteiger partial charge in [0.15, 0.2) is 11.5 Å². The highest BCUT2D eigenvalue weighted by atomic mass is 35.5. The molecule has 1 heterocycles. The number of aryl methyl sites for hydroxylation is 1. The number of nitrogens with zero attached hydrogens (tertiary/aromatic N) is 3. The van der Waals surface area contributed by atoms with Crippen molar-refractivity contribution in [2.24, 2.45) is 5.73 Å². The van der Waals surface area contributed by atoms with Gasteiger partial charge in [-0.2, -0.15) is 0 Å². The van der Waals surface area contributed by atoms with Gasteiger partial charge in [-0.15, -0.1) is 5.10 Å². The summed E-state index contributed by atoms with van der Waals surface area (Å²) in [5.74, 6) is -0.625. The van der Waals surface area contributed by atoms with Gasteiger partial charge in [0.25, 0.3) is 5.91 Å². The molecule has 0 bridgehead atoms. The van der Waals surface area contributed by atoms with Crippen molar-refractivity contribution in [1.29, 1.82) is 0 Å². The Morgan fingerprint density at radius 2 is 2.00 bits per heavy atom. The van der Waals surface area contributed by atoms with Gasteiger partial charge >= 0.3 is 0 Å². The van der Waals surface area contributed by atoms with Crippen molar-refractivity contribution < 1.29 is 4.79 Å². The summed E-state index contributed by atoms with van der Waals surface area (Å²) in [5, 5.41) is 7.72. The second-order valence-electron chi connectivity index (χ2n) is 4.57. The van der Waals surface area contributed by atoms with Crippen LogP contribution in [0.5, 0.6) is 0 Å². The lowest BCUT2D eigenvalue weighted by Gasteiger charge is -2.09. The van der Waals surface area contributed by atoms with Gasteiger partial charge in [0, 0.05) is 0 Å². The second kappa shape index (κ2) is 6.56. The number of hydrogen-bond donors (Lipinski definition) is 2. The largest absolute Gasteiger partial charge is 0.382 e. The molecular formula is C13H12Cl3N5O. The minimum Gasteiger partial charge on any atom is -0.382 e. The number of carbonyl (C=O) groups excluding carboxylic acids is 1. The normalized spacial score (nSPS) is 10.5. The molecule has 2 aromatic rings. The van der Waals surface area contributed by atoms with E-state index < -0.39 is 5.91 Å². The Kier molecular flexibility index (Phi) is 4.95. The van der Waals surface area contributed by atoms with Crippen LogP contribution in [0.15, 0.2) is 22.7 Å². The number of amides is 1. The molecule has 0 unspecified atom stereocenters. The summed E-state index contributed by atoms with van der Waals surface area (Å²) in [7, 11) is 0. The summed E-state index contributed by atoms with van der Waals surface area (Å²) >= 11 is 17.5. The lowest BCUT2D eigenvalue weighted by Crippen LogP contribution is -2.15. The predicted octanol–water partition coefficient (Wildman–Crippen LogP) is 2.66. The maximum atomic E-state index is 11.1. The van der Waals surface area contributed by atoms with E-state index in [2.05, 4.69) is 10.3 Å². The lowest BCUT2D eigenvalue weighted by atomic mass is 10.0. The molecule has 0 aliphatic rings. The maximum absolute atomic E-state index is 11.1. The molecule has 22 heavy (non-hydrogen) atoms. The van der Waals surface area contributed by atoms with Crippen LogP contribution in [-0.4, -0.2) is 20.9 Å². The fourth-order valence-electron chi connectivity index (χ4n) is 1.89. The van der Waals surface area contributed by atoms with Crippen molar-refractivity contribution in [2.75, 3.05) is 5.73 Å². The number of anilines is 1. The zero-order chi connectivity index (χ0) is 16.4. The van der Waals surface area contributed by atoms with E-state index in [1.807, 2.05) is 25.1 Å². The summed E-state index contributed by atoms with van der Waals surface area (Å²) in [6.07, 6.45) is 0. The monoisotopic (exact) mass is 359 g/mol. The third kappa shape index (κ3) is 3.35. The molecule has 1 aromatic carbocycles. The van der Waals surface area contributed by atoms with Crippen LogP contribution in [0.4, 0.5) is 5.82 Å². The summed E-state index contributed by atoms with van der Waals surface area (Å²) < 4.78 is 1.35. The smallest absolute Gasteiger partial charge is 0.273 e. The fraction of sp³-hybridized carbons (Fsp3) is 0.154. The minimum atomic E-state index is -0.728. The van der Waals surface area contributed by atoms with E-state index in [4.69, 9.17) is 46.3 Å². The molecule has 0 atom stereocenters. The first-order valence-electron chi connectivity index (χ1n) is 6.10. The van der Waals surface area contributed by atoms with Crippen molar-refractivity contribution in [1.82, 2.24) is 15.0 Å². The van der Waals surface area contributed by atoms with Crippen molar-refractivity contribution >= 4 is 51.6 Å². The van der Waals surface area contributed by atoms with Gasteiger partial charge in [0.1, 0.15) is 4.49 Å². The number of nitrogens with two attached hydrogens (primary N) is 2. The summed E-state index contributed by atoms with van der Waals surface area (Å²) in [6.45, 7) is 2.18. The van der Waals surface area contributed by atoms with E-state index in [0.717, 1.165) is 11.1 Å². The van der Waals surface area contributed by atoms with Crippen molar-refractivity contribution in [3.63, 3.8) is 0 Å². The maximum Gasteiger partial charge on any atom is 0.273 e. The Balaban J connectivity index is 2.38. The van der Waals surface area contributed by atoms with Crippen LogP contribution >= 0.6 is 34.8 Å². The van der Waals surface area contributed by atoms with Crippen LogP contribution in [0.2, 0.25) is 0 Å². The van der Waals surface area contributed by atoms with Crippen LogP contribution in [0.1, 0.15) is 27.2 Å². The zero-order valence-corrected chi connectivity index (χ0v) is 13.7. The van der Waals surface area contributed by atoms with E-state index in [9.17, 15) is 4.79 Å². The van der Waals surface area contributed by atoms with Gasteiger partial charge in [0.2, 0.25) is 0 Å². The molecular weight excluding hydrogens is 349 g/mol. The first-order chi connectivity index (χ1) is 10.3. The van der Waals surface area contributed by atoms with Crippen LogP contribution in [0.25, 0.3) is 5.03 Å². The highest BCUT2D eigenvalue weighted by Crippen LogP contribution is 2.31.